The standard InChI is InChI=1S/C6H11NO3/c1-5(6(9)4-8)10-3-2-7/h4-5H,2-3,7H2,1H3. The van der Waals surface area contributed by atoms with Crippen molar-refractivity contribution in [2.24, 2.45) is 5.73 Å². The first-order chi connectivity index (χ1) is 4.72. The number of carbonyl (C=O) groups excluding carboxylic acids is 2. The minimum atomic E-state index is -0.652. The van der Waals surface area contributed by atoms with Gasteiger partial charge in [-0.2, -0.15) is 0 Å². The van der Waals surface area contributed by atoms with E-state index in [-0.39, 0.29) is 6.29 Å². The maximum atomic E-state index is 10.5. The van der Waals surface area contributed by atoms with Crippen molar-refractivity contribution in [2.75, 3.05) is 13.2 Å². The van der Waals surface area contributed by atoms with Crippen LogP contribution >= 0.6 is 0 Å². The van der Waals surface area contributed by atoms with Crippen molar-refractivity contribution < 1.29 is 14.3 Å². The highest BCUT2D eigenvalue weighted by molar-refractivity contribution is 6.26. The van der Waals surface area contributed by atoms with Gasteiger partial charge < -0.3 is 10.5 Å². The zero-order chi connectivity index (χ0) is 7.98. The molecule has 0 saturated carbocycles. The Labute approximate surface area is 59.3 Å². The summed E-state index contributed by atoms with van der Waals surface area (Å²) in [6, 6.07) is 0. The number of Topliss-reactive ketones (excluding diaryl/α,β-unsaturated/α-hetero) is 1. The van der Waals surface area contributed by atoms with Crippen LogP contribution in [0.3, 0.4) is 0 Å². The molecule has 0 aromatic carbocycles. The lowest BCUT2D eigenvalue weighted by atomic mass is 10.3. The molecular formula is C6H11NO3. The SMILES string of the molecule is CC(OCCN)C(=O)C=O. The Morgan fingerprint density at radius 1 is 1.80 bits per heavy atom. The summed E-state index contributed by atoms with van der Waals surface area (Å²) in [6.07, 6.45) is -0.401. The maximum absolute atomic E-state index is 10.5. The molecule has 0 bridgehead atoms. The van der Waals surface area contributed by atoms with Crippen molar-refractivity contribution in [1.29, 1.82) is 0 Å². The van der Waals surface area contributed by atoms with Crippen LogP contribution in [0.2, 0.25) is 0 Å². The van der Waals surface area contributed by atoms with Crippen molar-refractivity contribution in [3.63, 3.8) is 0 Å². The molecule has 0 aromatic heterocycles. The van der Waals surface area contributed by atoms with Gasteiger partial charge in [-0.05, 0) is 6.92 Å². The van der Waals surface area contributed by atoms with Gasteiger partial charge in [-0.1, -0.05) is 0 Å². The largest absolute Gasteiger partial charge is 0.369 e. The number of aldehydes is 1. The summed E-state index contributed by atoms with van der Waals surface area (Å²) in [6.45, 7) is 2.18. The van der Waals surface area contributed by atoms with Crippen LogP contribution in [0.4, 0.5) is 0 Å². The maximum Gasteiger partial charge on any atom is 0.223 e. The molecule has 0 saturated heterocycles. The summed E-state index contributed by atoms with van der Waals surface area (Å²) in [7, 11) is 0. The van der Waals surface area contributed by atoms with E-state index in [0.717, 1.165) is 0 Å². The molecule has 1 atom stereocenters. The number of ether oxygens (including phenoxy) is 1. The average molecular weight is 145 g/mol. The van der Waals surface area contributed by atoms with E-state index in [1.807, 2.05) is 0 Å². The van der Waals surface area contributed by atoms with Gasteiger partial charge in [-0.3, -0.25) is 9.59 Å². The summed E-state index contributed by atoms with van der Waals surface area (Å²) in [5.74, 6) is -0.548. The fourth-order valence-electron chi connectivity index (χ4n) is 0.423. The Bertz CT molecular complexity index is 124. The fourth-order valence-corrected chi connectivity index (χ4v) is 0.423. The van der Waals surface area contributed by atoms with Crippen molar-refractivity contribution in [3.8, 4) is 0 Å². The summed E-state index contributed by atoms with van der Waals surface area (Å²) in [4.78, 5) is 20.3. The second kappa shape index (κ2) is 5.08. The van der Waals surface area contributed by atoms with Gasteiger partial charge in [0.2, 0.25) is 5.78 Å². The normalized spacial score (nSPS) is 12.6. The minimum Gasteiger partial charge on any atom is -0.369 e. The van der Waals surface area contributed by atoms with Crippen LogP contribution in [0.1, 0.15) is 6.92 Å². The zero-order valence-corrected chi connectivity index (χ0v) is 5.87. The van der Waals surface area contributed by atoms with Gasteiger partial charge in [0.1, 0.15) is 6.10 Å². The molecule has 4 nitrogen and oxygen atoms in total. The molecule has 0 fully saturated rings. The molecule has 0 aliphatic rings. The van der Waals surface area contributed by atoms with Crippen molar-refractivity contribution in [1.82, 2.24) is 0 Å². The van der Waals surface area contributed by atoms with Crippen LogP contribution in [0, 0.1) is 0 Å². The van der Waals surface area contributed by atoms with Crippen LogP contribution in [0.5, 0.6) is 0 Å². The summed E-state index contributed by atoms with van der Waals surface area (Å²) < 4.78 is 4.84. The van der Waals surface area contributed by atoms with E-state index in [2.05, 4.69) is 0 Å². The average Bonchev–Trinajstić information content (AvgIpc) is 1.98. The molecule has 10 heavy (non-hydrogen) atoms. The quantitative estimate of drug-likeness (QED) is 0.403. The van der Waals surface area contributed by atoms with Gasteiger partial charge in [0, 0.05) is 6.54 Å². The first-order valence-corrected chi connectivity index (χ1v) is 3.03. The first kappa shape index (κ1) is 9.26. The lowest BCUT2D eigenvalue weighted by Crippen LogP contribution is -2.24. The van der Waals surface area contributed by atoms with Gasteiger partial charge in [-0.15, -0.1) is 0 Å². The molecule has 0 heterocycles. The monoisotopic (exact) mass is 145 g/mol. The fraction of sp³-hybridized carbons (Fsp3) is 0.667. The molecule has 0 aromatic rings. The summed E-state index contributed by atoms with van der Waals surface area (Å²) in [5, 5.41) is 0. The molecular weight excluding hydrogens is 134 g/mol. The highest BCUT2D eigenvalue weighted by Crippen LogP contribution is 1.88. The van der Waals surface area contributed by atoms with Crippen LogP contribution in [0.25, 0.3) is 0 Å². The Kier molecular flexibility index (Phi) is 4.70. The third-order valence-corrected chi connectivity index (χ3v) is 1.00. The van der Waals surface area contributed by atoms with Crippen LogP contribution < -0.4 is 5.73 Å². The number of hydrogen-bond donors (Lipinski definition) is 1. The van der Waals surface area contributed by atoms with Gasteiger partial charge in [0.25, 0.3) is 0 Å². The molecule has 0 rings (SSSR count). The van der Waals surface area contributed by atoms with E-state index in [4.69, 9.17) is 10.5 Å². The molecule has 0 aliphatic heterocycles. The Balaban J connectivity index is 3.51. The Morgan fingerprint density at radius 3 is 2.80 bits per heavy atom. The predicted octanol–water partition coefficient (Wildman–Crippen LogP) is -0.882. The minimum absolute atomic E-state index is 0.251. The summed E-state index contributed by atoms with van der Waals surface area (Å²) >= 11 is 0. The molecule has 0 amide bonds. The molecule has 58 valence electrons. The van der Waals surface area contributed by atoms with E-state index in [1.165, 1.54) is 6.92 Å². The van der Waals surface area contributed by atoms with E-state index >= 15 is 0 Å². The van der Waals surface area contributed by atoms with Crippen molar-refractivity contribution >= 4 is 12.1 Å². The predicted molar refractivity (Wildman–Crippen MR) is 35.5 cm³/mol. The van der Waals surface area contributed by atoms with E-state index in [9.17, 15) is 9.59 Å². The lowest BCUT2D eigenvalue weighted by Gasteiger charge is -2.05. The van der Waals surface area contributed by atoms with E-state index in [1.54, 1.807) is 0 Å². The lowest BCUT2D eigenvalue weighted by molar-refractivity contribution is -0.137. The van der Waals surface area contributed by atoms with E-state index in [0.29, 0.717) is 13.2 Å². The smallest absolute Gasteiger partial charge is 0.223 e. The zero-order valence-electron chi connectivity index (χ0n) is 5.87. The van der Waals surface area contributed by atoms with Gasteiger partial charge in [0.15, 0.2) is 6.29 Å². The number of carbonyl (C=O) groups is 2. The third kappa shape index (κ3) is 3.32. The van der Waals surface area contributed by atoms with Crippen LogP contribution in [-0.2, 0) is 14.3 Å². The molecule has 2 N–H and O–H groups in total. The number of hydrogen-bond acceptors (Lipinski definition) is 4. The van der Waals surface area contributed by atoms with Crippen molar-refractivity contribution in [3.05, 3.63) is 0 Å². The van der Waals surface area contributed by atoms with Crippen LogP contribution in [-0.4, -0.2) is 31.3 Å². The molecule has 0 radical (unpaired) electrons. The second-order valence-corrected chi connectivity index (χ2v) is 1.82. The third-order valence-electron chi connectivity index (χ3n) is 1.00. The number of nitrogens with two attached hydrogens (primary N) is 1. The molecule has 0 spiro atoms. The van der Waals surface area contributed by atoms with Gasteiger partial charge in [-0.25, -0.2) is 0 Å². The first-order valence-electron chi connectivity index (χ1n) is 3.03. The number of rotatable bonds is 5. The van der Waals surface area contributed by atoms with Gasteiger partial charge in [0.05, 0.1) is 6.61 Å². The second-order valence-electron chi connectivity index (χ2n) is 1.82. The molecule has 0 aliphatic carbocycles. The van der Waals surface area contributed by atoms with Gasteiger partial charge >= 0.3 is 0 Å². The van der Waals surface area contributed by atoms with E-state index < -0.39 is 11.9 Å². The van der Waals surface area contributed by atoms with Crippen molar-refractivity contribution in [2.45, 2.75) is 13.0 Å². The summed E-state index contributed by atoms with van der Waals surface area (Å²) in [5.41, 5.74) is 5.09. The topological polar surface area (TPSA) is 69.4 Å². The molecule has 4 heteroatoms. The number of ketones is 1. The highest BCUT2D eigenvalue weighted by atomic mass is 16.5. The van der Waals surface area contributed by atoms with Crippen LogP contribution in [0.15, 0.2) is 0 Å². The Hall–Kier alpha value is -0.740. The highest BCUT2D eigenvalue weighted by Gasteiger charge is 2.10. The molecule has 1 unspecified atom stereocenters. The Morgan fingerprint density at radius 2 is 2.40 bits per heavy atom.